The van der Waals surface area contributed by atoms with Crippen LogP contribution in [-0.2, 0) is 6.42 Å². The van der Waals surface area contributed by atoms with Gasteiger partial charge in [-0.3, -0.25) is 0 Å². The van der Waals surface area contributed by atoms with E-state index in [4.69, 9.17) is 9.72 Å². The summed E-state index contributed by atoms with van der Waals surface area (Å²) in [6.45, 7) is 4.86. The van der Waals surface area contributed by atoms with Crippen molar-refractivity contribution in [2.45, 2.75) is 32.2 Å². The van der Waals surface area contributed by atoms with E-state index in [9.17, 15) is 8.78 Å². The fourth-order valence-corrected chi connectivity index (χ4v) is 6.12. The third-order valence-electron chi connectivity index (χ3n) is 6.88. The van der Waals surface area contributed by atoms with Crippen LogP contribution in [0.3, 0.4) is 0 Å². The number of pyridine rings is 1. The number of halogens is 2. The van der Waals surface area contributed by atoms with Gasteiger partial charge in [-0.1, -0.05) is 0 Å². The number of thiophene rings is 1. The zero-order valence-electron chi connectivity index (χ0n) is 19.8. The maximum absolute atomic E-state index is 14.5. The second-order valence-electron chi connectivity index (χ2n) is 9.22. The Morgan fingerprint density at radius 1 is 1.17 bits per heavy atom. The van der Waals surface area contributed by atoms with Crippen molar-refractivity contribution < 1.29 is 13.5 Å². The number of ether oxygens (including phenoxy) is 1. The molecular formula is C26H26F2N6OS. The topological polar surface area (TPSA) is 76.9 Å². The maximum atomic E-state index is 14.5. The summed E-state index contributed by atoms with van der Waals surface area (Å²) in [5.41, 5.74) is 2.03. The van der Waals surface area contributed by atoms with E-state index in [1.165, 1.54) is 34.5 Å². The summed E-state index contributed by atoms with van der Waals surface area (Å²) in [7, 11) is 0. The molecule has 0 aliphatic carbocycles. The van der Waals surface area contributed by atoms with Gasteiger partial charge in [0.25, 0.3) is 0 Å². The Labute approximate surface area is 211 Å². The van der Waals surface area contributed by atoms with Crippen LogP contribution in [0.1, 0.15) is 25.3 Å². The zero-order valence-corrected chi connectivity index (χ0v) is 20.6. The molecular weight excluding hydrogens is 482 g/mol. The van der Waals surface area contributed by atoms with Gasteiger partial charge >= 0.3 is 0 Å². The molecule has 3 aromatic heterocycles. The van der Waals surface area contributed by atoms with Gasteiger partial charge in [-0.05, 0) is 74.7 Å². The second kappa shape index (κ2) is 9.59. The molecule has 2 aliphatic heterocycles. The van der Waals surface area contributed by atoms with E-state index >= 15 is 0 Å². The number of hydrogen-bond acceptors (Lipinski definition) is 7. The van der Waals surface area contributed by atoms with Crippen LogP contribution in [-0.4, -0.2) is 45.5 Å². The highest BCUT2D eigenvalue weighted by Crippen LogP contribution is 2.43. The lowest BCUT2D eigenvalue weighted by atomic mass is 9.91. The highest BCUT2D eigenvalue weighted by Gasteiger charge is 2.25. The van der Waals surface area contributed by atoms with Crippen LogP contribution in [0, 0.1) is 17.6 Å². The highest BCUT2D eigenvalue weighted by molar-refractivity contribution is 7.19. The minimum atomic E-state index is -0.695. The fraction of sp³-hybridized carbons (Fsp3) is 0.346. The molecule has 1 unspecified atom stereocenters. The number of benzene rings is 1. The summed E-state index contributed by atoms with van der Waals surface area (Å²) < 4.78 is 35.4. The van der Waals surface area contributed by atoms with Crippen molar-refractivity contribution >= 4 is 17.2 Å². The minimum Gasteiger partial charge on any atom is -0.491 e. The number of hydrogen-bond donors (Lipinski definition) is 2. The summed E-state index contributed by atoms with van der Waals surface area (Å²) >= 11 is 1.52. The third kappa shape index (κ3) is 4.35. The number of rotatable bonds is 5. The Bertz CT molecular complexity index is 1400. The van der Waals surface area contributed by atoms with Crippen LogP contribution in [0.4, 0.5) is 14.6 Å². The average Bonchev–Trinajstić information content (AvgIpc) is 3.49. The predicted molar refractivity (Wildman–Crippen MR) is 136 cm³/mol. The SMILES string of the molecule is CC(Nc1ccc2c(n1)-c1sc(-c3ncnn3-c3ccc(F)cc3F)cc1CCO2)C1CCNCC1. The molecule has 4 aromatic rings. The minimum absolute atomic E-state index is 0.146. The first kappa shape index (κ1) is 23.1. The van der Waals surface area contributed by atoms with Crippen LogP contribution >= 0.6 is 11.3 Å². The highest BCUT2D eigenvalue weighted by atomic mass is 32.1. The van der Waals surface area contributed by atoms with Crippen LogP contribution < -0.4 is 15.4 Å². The van der Waals surface area contributed by atoms with Crippen molar-refractivity contribution in [1.29, 1.82) is 0 Å². The normalized spacial score (nSPS) is 16.5. The molecule has 0 spiro atoms. The molecule has 0 bridgehead atoms. The van der Waals surface area contributed by atoms with Crippen molar-refractivity contribution in [1.82, 2.24) is 25.1 Å². The van der Waals surface area contributed by atoms with E-state index in [1.807, 2.05) is 18.2 Å². The Hall–Kier alpha value is -3.37. The summed E-state index contributed by atoms with van der Waals surface area (Å²) in [5.74, 6) is 1.33. The largest absolute Gasteiger partial charge is 0.491 e. The van der Waals surface area contributed by atoms with E-state index in [0.717, 1.165) is 71.0 Å². The molecule has 186 valence electrons. The van der Waals surface area contributed by atoms with Gasteiger partial charge in [-0.25, -0.2) is 23.4 Å². The standard InChI is InChI=1S/C26H26F2N6OS/c1-15(16-6-9-29-10-7-16)32-23-5-4-21-24(33-23)25-17(8-11-35-21)12-22(36-25)26-30-14-31-34(26)20-3-2-18(27)13-19(20)28/h2-5,12-16,29H,6-11H2,1H3,(H,32,33). The Morgan fingerprint density at radius 3 is 2.86 bits per heavy atom. The summed E-state index contributed by atoms with van der Waals surface area (Å²) in [5, 5.41) is 11.2. The zero-order chi connectivity index (χ0) is 24.6. The quantitative estimate of drug-likeness (QED) is 0.392. The molecule has 1 fully saturated rings. The number of anilines is 1. The lowest BCUT2D eigenvalue weighted by Gasteiger charge is -2.29. The molecule has 2 aliphatic rings. The van der Waals surface area contributed by atoms with Gasteiger partial charge in [0.05, 0.1) is 16.4 Å². The van der Waals surface area contributed by atoms with Crippen molar-refractivity contribution in [2.75, 3.05) is 25.0 Å². The van der Waals surface area contributed by atoms with Crippen LogP contribution in [0.25, 0.3) is 27.0 Å². The molecule has 6 rings (SSSR count). The van der Waals surface area contributed by atoms with E-state index in [-0.39, 0.29) is 5.69 Å². The smallest absolute Gasteiger partial charge is 0.173 e. The lowest BCUT2D eigenvalue weighted by Crippen LogP contribution is -2.36. The van der Waals surface area contributed by atoms with Crippen molar-refractivity contribution in [3.05, 3.63) is 59.9 Å². The monoisotopic (exact) mass is 508 g/mol. The Balaban J connectivity index is 1.34. The average molecular weight is 509 g/mol. The first-order valence-corrected chi connectivity index (χ1v) is 13.0. The van der Waals surface area contributed by atoms with Crippen LogP contribution in [0.2, 0.25) is 0 Å². The number of piperidine rings is 1. The van der Waals surface area contributed by atoms with Crippen molar-refractivity contribution in [3.8, 4) is 32.7 Å². The van der Waals surface area contributed by atoms with Gasteiger partial charge in [-0.2, -0.15) is 5.10 Å². The number of nitrogens with one attached hydrogen (secondary N) is 2. The Morgan fingerprint density at radius 2 is 2.03 bits per heavy atom. The molecule has 7 nitrogen and oxygen atoms in total. The lowest BCUT2D eigenvalue weighted by molar-refractivity contribution is 0.325. The third-order valence-corrected chi connectivity index (χ3v) is 8.06. The fourth-order valence-electron chi connectivity index (χ4n) is 4.94. The van der Waals surface area contributed by atoms with Crippen LogP contribution in [0.5, 0.6) is 5.75 Å². The van der Waals surface area contributed by atoms with Crippen LogP contribution in [0.15, 0.2) is 42.7 Å². The van der Waals surface area contributed by atoms with Gasteiger partial charge in [0.2, 0.25) is 0 Å². The second-order valence-corrected chi connectivity index (χ2v) is 10.3. The van der Waals surface area contributed by atoms with E-state index in [2.05, 4.69) is 27.6 Å². The predicted octanol–water partition coefficient (Wildman–Crippen LogP) is 5.07. The van der Waals surface area contributed by atoms with Crippen molar-refractivity contribution in [3.63, 3.8) is 0 Å². The summed E-state index contributed by atoms with van der Waals surface area (Å²) in [6.07, 6.45) is 4.39. The molecule has 1 saturated heterocycles. The van der Waals surface area contributed by atoms with Gasteiger partial charge < -0.3 is 15.4 Å². The number of nitrogens with zero attached hydrogens (tertiary/aromatic N) is 4. The maximum Gasteiger partial charge on any atom is 0.173 e. The summed E-state index contributed by atoms with van der Waals surface area (Å²) in [6, 6.07) is 9.74. The number of fused-ring (bicyclic) bond motifs is 3. The molecule has 0 radical (unpaired) electrons. The number of aromatic nitrogens is 4. The van der Waals surface area contributed by atoms with E-state index in [0.29, 0.717) is 24.4 Å². The van der Waals surface area contributed by atoms with Gasteiger partial charge in [-0.15, -0.1) is 11.3 Å². The molecule has 36 heavy (non-hydrogen) atoms. The molecule has 2 N–H and O–H groups in total. The van der Waals surface area contributed by atoms with Gasteiger partial charge in [0.1, 0.15) is 35.1 Å². The van der Waals surface area contributed by atoms with Crippen molar-refractivity contribution in [2.24, 2.45) is 5.92 Å². The molecule has 5 heterocycles. The molecule has 0 amide bonds. The first-order chi connectivity index (χ1) is 17.6. The van der Waals surface area contributed by atoms with E-state index < -0.39 is 11.6 Å². The molecule has 0 saturated carbocycles. The molecule has 10 heteroatoms. The van der Waals surface area contributed by atoms with Gasteiger partial charge in [0, 0.05) is 18.5 Å². The summed E-state index contributed by atoms with van der Waals surface area (Å²) in [4.78, 5) is 11.2. The molecule has 1 atom stereocenters. The molecule has 1 aromatic carbocycles. The van der Waals surface area contributed by atoms with E-state index in [1.54, 1.807) is 0 Å². The Kier molecular flexibility index (Phi) is 6.14. The first-order valence-electron chi connectivity index (χ1n) is 12.2. The van der Waals surface area contributed by atoms with Gasteiger partial charge in [0.15, 0.2) is 11.6 Å².